The summed E-state index contributed by atoms with van der Waals surface area (Å²) in [4.78, 5) is 0. The Morgan fingerprint density at radius 1 is 0.500 bits per heavy atom. The van der Waals surface area contributed by atoms with Crippen LogP contribution in [0.2, 0.25) is 0 Å². The minimum Gasteiger partial charge on any atom is -2.00 e. The van der Waals surface area contributed by atoms with Crippen LogP contribution in [0.4, 0.5) is 0 Å². The maximum Gasteiger partial charge on any atom is 8.00 e. The SMILES string of the molecule is [N].[O-2].[O-2].[O-2].[O-2].[Os+8]. The molecule has 0 saturated heterocycles. The van der Waals surface area contributed by atoms with Crippen LogP contribution in [0.15, 0.2) is 0 Å². The summed E-state index contributed by atoms with van der Waals surface area (Å²) in [5.41, 5.74) is 0. The molecule has 0 aliphatic heterocycles. The maximum atomic E-state index is 0. The van der Waals surface area contributed by atoms with Crippen LogP contribution in [0.25, 0.3) is 0 Å². The van der Waals surface area contributed by atoms with Gasteiger partial charge in [-0.25, -0.2) is 0 Å². The van der Waals surface area contributed by atoms with Crippen molar-refractivity contribution >= 4 is 0 Å². The Hall–Kier alpha value is 0.436. The fourth-order valence-electron chi connectivity index (χ4n) is 0. The minimum atomic E-state index is 0. The van der Waals surface area contributed by atoms with Gasteiger partial charge in [-0.3, -0.25) is 0 Å². The molecule has 0 heterocycles. The zero-order chi connectivity index (χ0) is 0. The molecule has 0 amide bonds. The van der Waals surface area contributed by atoms with E-state index >= 15 is 0 Å². The van der Waals surface area contributed by atoms with Crippen molar-refractivity contribution in [2.45, 2.75) is 0 Å². The Bertz CT molecular complexity index is 7.51. The molecule has 0 aromatic carbocycles. The monoisotopic (exact) mass is 270 g/mol. The standard InChI is InChI=1S/N.4O.Os/q;4*-2;+8. The molecule has 3 radical (unpaired) electrons. The van der Waals surface area contributed by atoms with Crippen LogP contribution < -0.4 is 6.15 Å². The van der Waals surface area contributed by atoms with Crippen molar-refractivity contribution in [2.24, 2.45) is 0 Å². The quantitative estimate of drug-likeness (QED) is 0.533. The average Bonchev–Trinajstić information content (AvgIpc) is 0. The van der Waals surface area contributed by atoms with Crippen LogP contribution in [0.3, 0.4) is 0 Å². The summed E-state index contributed by atoms with van der Waals surface area (Å²) in [5.74, 6) is 0. The van der Waals surface area contributed by atoms with E-state index < -0.39 is 0 Å². The summed E-state index contributed by atoms with van der Waals surface area (Å²) < 4.78 is 0. The predicted octanol–water partition coefficient (Wildman–Crippen LogP) is -0.958. The molecule has 6 heteroatoms. The third kappa shape index (κ3) is 275. The number of rotatable bonds is 0. The Kier molecular flexibility index (Phi) is 93600. The Morgan fingerprint density at radius 2 is 0.500 bits per heavy atom. The zero-order valence-corrected chi connectivity index (χ0v) is 4.97. The summed E-state index contributed by atoms with van der Waals surface area (Å²) in [6.45, 7) is 0. The van der Waals surface area contributed by atoms with Crippen molar-refractivity contribution in [1.29, 1.82) is 0 Å². The van der Waals surface area contributed by atoms with E-state index in [0.29, 0.717) is 0 Å². The second-order valence-electron chi connectivity index (χ2n) is 0. The molecular formula is NO4Os. The summed E-state index contributed by atoms with van der Waals surface area (Å²) in [5, 5.41) is 0. The second kappa shape index (κ2) is 562. The van der Waals surface area contributed by atoms with Gasteiger partial charge in [0.25, 0.3) is 0 Å². The van der Waals surface area contributed by atoms with Crippen molar-refractivity contribution in [3.8, 4) is 0 Å². The molecule has 0 N–H and O–H groups in total. The van der Waals surface area contributed by atoms with Crippen molar-refractivity contribution in [2.75, 3.05) is 0 Å². The molecule has 0 aliphatic carbocycles. The molecule has 0 spiro atoms. The van der Waals surface area contributed by atoms with Gasteiger partial charge in [0.15, 0.2) is 0 Å². The van der Waals surface area contributed by atoms with Gasteiger partial charge in [-0.15, -0.1) is 0 Å². The van der Waals surface area contributed by atoms with E-state index in [1.54, 1.807) is 0 Å². The molecule has 0 atom stereocenters. The van der Waals surface area contributed by atoms with E-state index in [9.17, 15) is 0 Å². The average molecular weight is 268 g/mol. The van der Waals surface area contributed by atoms with Gasteiger partial charge in [-0.05, 0) is 0 Å². The largest absolute Gasteiger partial charge is 8.00 e. The van der Waals surface area contributed by atoms with Crippen LogP contribution >= 0.6 is 0 Å². The molecule has 0 rings (SSSR count). The van der Waals surface area contributed by atoms with Gasteiger partial charge in [0.2, 0.25) is 0 Å². The van der Waals surface area contributed by atoms with Crippen molar-refractivity contribution < 1.29 is 41.7 Å². The van der Waals surface area contributed by atoms with E-state index in [-0.39, 0.29) is 47.8 Å². The van der Waals surface area contributed by atoms with Gasteiger partial charge < -0.3 is 21.9 Å². The molecule has 0 unspecified atom stereocenters. The van der Waals surface area contributed by atoms with Crippen LogP contribution in [-0.4, -0.2) is 0 Å². The van der Waals surface area contributed by atoms with Crippen LogP contribution in [0.5, 0.6) is 0 Å². The molecule has 6 heavy (non-hydrogen) atoms. The first-order chi connectivity index (χ1) is 0. The fourth-order valence-corrected chi connectivity index (χ4v) is 0. The zero-order valence-electron chi connectivity index (χ0n) is 2.43. The third-order valence-corrected chi connectivity index (χ3v) is 0. The van der Waals surface area contributed by atoms with Crippen LogP contribution in [0.1, 0.15) is 0 Å². The smallest absolute Gasteiger partial charge is 2.00 e. The Balaban J connectivity index is 0. The Labute approximate surface area is 48.6 Å². The van der Waals surface area contributed by atoms with Crippen molar-refractivity contribution in [3.63, 3.8) is 0 Å². The molecule has 0 aromatic rings. The van der Waals surface area contributed by atoms with Gasteiger partial charge in [-0.2, -0.15) is 0 Å². The third-order valence-electron chi connectivity index (χ3n) is 0. The van der Waals surface area contributed by atoms with E-state index in [0.717, 1.165) is 0 Å². The molecule has 0 bridgehead atoms. The van der Waals surface area contributed by atoms with Crippen LogP contribution in [0, 0.1) is 0 Å². The molecule has 0 saturated carbocycles. The van der Waals surface area contributed by atoms with Gasteiger partial charge >= 0.3 is 19.8 Å². The first kappa shape index (κ1) is 999. The summed E-state index contributed by atoms with van der Waals surface area (Å²) >= 11 is 0. The van der Waals surface area contributed by atoms with Gasteiger partial charge in [0.05, 0.1) is 0 Å². The van der Waals surface area contributed by atoms with E-state index in [1.165, 1.54) is 0 Å². The van der Waals surface area contributed by atoms with E-state index in [1.807, 2.05) is 0 Å². The van der Waals surface area contributed by atoms with Gasteiger partial charge in [-0.1, -0.05) is 0 Å². The molecule has 0 aromatic heterocycles. The van der Waals surface area contributed by atoms with Crippen LogP contribution in [-0.2, 0) is 41.7 Å². The summed E-state index contributed by atoms with van der Waals surface area (Å²) in [6, 6.07) is 0. The predicted molar refractivity (Wildman–Crippen MR) is 4.88 cm³/mol. The number of nitrogens with zero attached hydrogens (tertiary/aromatic N) is 1. The first-order valence-electron chi connectivity index (χ1n) is 0. The molecular weight excluding hydrogens is 268 g/mol. The second-order valence-corrected chi connectivity index (χ2v) is 0. The van der Waals surface area contributed by atoms with Crippen molar-refractivity contribution in [1.82, 2.24) is 6.15 Å². The number of hydrogen-bond donors (Lipinski definition) is 0. The minimum absolute atomic E-state index is 0. The normalized spacial score (nSPS) is 0. The maximum absolute atomic E-state index is 0. The first-order valence-corrected chi connectivity index (χ1v) is 0. The van der Waals surface area contributed by atoms with Crippen molar-refractivity contribution in [3.05, 3.63) is 0 Å². The summed E-state index contributed by atoms with van der Waals surface area (Å²) in [7, 11) is 0. The molecule has 0 fully saturated rings. The van der Waals surface area contributed by atoms with Gasteiger partial charge in [0, 0.05) is 6.15 Å². The molecule has 37 valence electrons. The summed E-state index contributed by atoms with van der Waals surface area (Å²) in [6.07, 6.45) is 0. The Morgan fingerprint density at radius 3 is 0.500 bits per heavy atom. The molecule has 5 nitrogen and oxygen atoms in total. The molecule has 0 aliphatic rings. The number of hydrogen-bond acceptors (Lipinski definition) is 0. The fraction of sp³-hybridized carbons (Fsp3) is 0. The topological polar surface area (TPSA) is 144 Å². The van der Waals surface area contributed by atoms with E-state index in [4.69, 9.17) is 0 Å². The van der Waals surface area contributed by atoms with Gasteiger partial charge in [0.1, 0.15) is 0 Å². The van der Waals surface area contributed by atoms with E-state index in [2.05, 4.69) is 0 Å².